The molecule has 0 aliphatic heterocycles. The van der Waals surface area contributed by atoms with Crippen LogP contribution in [0.4, 0.5) is 10.1 Å². The summed E-state index contributed by atoms with van der Waals surface area (Å²) in [6.45, 7) is 0.249. The van der Waals surface area contributed by atoms with Crippen molar-refractivity contribution in [3.8, 4) is 11.8 Å². The second-order valence-corrected chi connectivity index (χ2v) is 3.90. The Morgan fingerprint density at radius 1 is 1.40 bits per heavy atom. The highest BCUT2D eigenvalue weighted by Crippen LogP contribution is 2.13. The number of pyridine rings is 1. The van der Waals surface area contributed by atoms with Crippen molar-refractivity contribution in [1.29, 1.82) is 0 Å². The number of carbonyl (C=O) groups excluding carboxylic acids is 1. The molecule has 0 aliphatic carbocycles. The van der Waals surface area contributed by atoms with Gasteiger partial charge in [-0.1, -0.05) is 17.9 Å². The Labute approximate surface area is 115 Å². The Morgan fingerprint density at radius 3 is 3.00 bits per heavy atom. The van der Waals surface area contributed by atoms with E-state index in [1.165, 1.54) is 12.3 Å². The molecule has 0 unspecified atom stereocenters. The van der Waals surface area contributed by atoms with E-state index < -0.39 is 11.7 Å². The summed E-state index contributed by atoms with van der Waals surface area (Å²) >= 11 is 0. The number of hydrogen-bond acceptors (Lipinski definition) is 3. The molecule has 5 heteroatoms. The van der Waals surface area contributed by atoms with E-state index in [0.717, 1.165) is 6.20 Å². The zero-order valence-corrected chi connectivity index (χ0v) is 10.6. The number of carbonyl (C=O) groups is 1. The molecule has 0 aliphatic rings. The quantitative estimate of drug-likeness (QED) is 0.817. The molecule has 100 valence electrons. The minimum Gasteiger partial charge on any atom is -0.320 e. The predicted octanol–water partition coefficient (Wildman–Crippen LogP) is 1.78. The number of anilines is 1. The Hall–Kier alpha value is -2.71. The van der Waals surface area contributed by atoms with Gasteiger partial charge in [-0.2, -0.15) is 0 Å². The van der Waals surface area contributed by atoms with Crippen LogP contribution >= 0.6 is 0 Å². The fraction of sp³-hybridized carbons (Fsp3) is 0.0667. The first kappa shape index (κ1) is 13.7. The first-order chi connectivity index (χ1) is 9.70. The summed E-state index contributed by atoms with van der Waals surface area (Å²) in [5.74, 6) is 4.55. The molecule has 1 aromatic carbocycles. The number of aromatic nitrogens is 1. The minimum absolute atomic E-state index is 0.0865. The maximum atomic E-state index is 13.4. The highest BCUT2D eigenvalue weighted by molar-refractivity contribution is 6.04. The van der Waals surface area contributed by atoms with Gasteiger partial charge in [0, 0.05) is 17.3 Å². The van der Waals surface area contributed by atoms with Crippen molar-refractivity contribution in [1.82, 2.24) is 4.98 Å². The van der Waals surface area contributed by atoms with Gasteiger partial charge in [0.25, 0.3) is 5.91 Å². The molecule has 1 heterocycles. The normalized spacial score (nSPS) is 9.50. The number of nitrogens with zero attached hydrogens (tertiary/aromatic N) is 1. The molecule has 2 rings (SSSR count). The van der Waals surface area contributed by atoms with Crippen LogP contribution in [0.2, 0.25) is 0 Å². The molecule has 20 heavy (non-hydrogen) atoms. The highest BCUT2D eigenvalue weighted by atomic mass is 19.1. The van der Waals surface area contributed by atoms with Crippen LogP contribution in [-0.4, -0.2) is 17.4 Å². The maximum Gasteiger partial charge on any atom is 0.255 e. The number of halogens is 1. The molecule has 0 atom stereocenters. The summed E-state index contributed by atoms with van der Waals surface area (Å²) in [7, 11) is 0. The van der Waals surface area contributed by atoms with Crippen molar-refractivity contribution in [2.24, 2.45) is 5.73 Å². The largest absolute Gasteiger partial charge is 0.320 e. The minimum atomic E-state index is -0.583. The van der Waals surface area contributed by atoms with Gasteiger partial charge in [0.2, 0.25) is 0 Å². The lowest BCUT2D eigenvalue weighted by Gasteiger charge is -2.06. The Balaban J connectivity index is 2.19. The standard InChI is InChI=1S/C15H12FN3O/c16-13-10-18-8-6-14(13)19-15(20)12-5-1-3-11(9-12)4-2-7-17/h1,3,5-6,8-10H,7,17H2,(H,18,19,20). The molecule has 1 aromatic heterocycles. The van der Waals surface area contributed by atoms with E-state index >= 15 is 0 Å². The highest BCUT2D eigenvalue weighted by Gasteiger charge is 2.09. The van der Waals surface area contributed by atoms with Crippen molar-refractivity contribution in [2.75, 3.05) is 11.9 Å². The van der Waals surface area contributed by atoms with E-state index in [1.807, 2.05) is 0 Å². The van der Waals surface area contributed by atoms with Crippen LogP contribution in [-0.2, 0) is 0 Å². The van der Waals surface area contributed by atoms with Gasteiger partial charge >= 0.3 is 0 Å². The number of benzene rings is 1. The van der Waals surface area contributed by atoms with E-state index in [2.05, 4.69) is 22.1 Å². The van der Waals surface area contributed by atoms with Crippen LogP contribution in [0, 0.1) is 17.7 Å². The molecule has 0 spiro atoms. The molecular weight excluding hydrogens is 257 g/mol. The van der Waals surface area contributed by atoms with Gasteiger partial charge < -0.3 is 11.1 Å². The zero-order valence-electron chi connectivity index (χ0n) is 10.6. The van der Waals surface area contributed by atoms with Gasteiger partial charge in [0.1, 0.15) is 0 Å². The third-order valence-corrected chi connectivity index (χ3v) is 2.48. The Bertz CT molecular complexity index is 689. The summed E-state index contributed by atoms with van der Waals surface area (Å²) in [4.78, 5) is 15.6. The van der Waals surface area contributed by atoms with Crippen molar-refractivity contribution in [3.05, 3.63) is 59.7 Å². The van der Waals surface area contributed by atoms with Crippen LogP contribution in [0.1, 0.15) is 15.9 Å². The zero-order chi connectivity index (χ0) is 14.4. The third-order valence-electron chi connectivity index (χ3n) is 2.48. The van der Waals surface area contributed by atoms with Gasteiger partial charge in [-0.05, 0) is 24.3 Å². The second kappa shape index (κ2) is 6.45. The summed E-state index contributed by atoms with van der Waals surface area (Å²) in [5, 5.41) is 2.48. The number of nitrogens with one attached hydrogen (secondary N) is 1. The topological polar surface area (TPSA) is 68.0 Å². The van der Waals surface area contributed by atoms with Gasteiger partial charge in [0.15, 0.2) is 5.82 Å². The van der Waals surface area contributed by atoms with Crippen LogP contribution in [0.25, 0.3) is 0 Å². The van der Waals surface area contributed by atoms with Crippen molar-refractivity contribution in [3.63, 3.8) is 0 Å². The molecular formula is C15H12FN3O. The predicted molar refractivity (Wildman–Crippen MR) is 74.5 cm³/mol. The van der Waals surface area contributed by atoms with Gasteiger partial charge in [0.05, 0.1) is 18.4 Å². The average molecular weight is 269 g/mol. The van der Waals surface area contributed by atoms with Gasteiger partial charge in [-0.3, -0.25) is 9.78 Å². The SMILES string of the molecule is NCC#Cc1cccc(C(=O)Nc2ccncc2F)c1. The number of hydrogen-bond donors (Lipinski definition) is 2. The monoisotopic (exact) mass is 269 g/mol. The van der Waals surface area contributed by atoms with Crippen molar-refractivity contribution in [2.45, 2.75) is 0 Å². The summed E-state index contributed by atoms with van der Waals surface area (Å²) in [6.07, 6.45) is 2.45. The van der Waals surface area contributed by atoms with Crippen LogP contribution < -0.4 is 11.1 Å². The van der Waals surface area contributed by atoms with Gasteiger partial charge in [-0.25, -0.2) is 4.39 Å². The fourth-order valence-corrected chi connectivity index (χ4v) is 1.56. The molecule has 1 amide bonds. The maximum absolute atomic E-state index is 13.4. The van der Waals surface area contributed by atoms with E-state index in [1.54, 1.807) is 24.3 Å². The lowest BCUT2D eigenvalue weighted by atomic mass is 10.1. The Kier molecular flexibility index (Phi) is 4.43. The lowest BCUT2D eigenvalue weighted by molar-refractivity contribution is 0.102. The summed E-state index contributed by atoms with van der Waals surface area (Å²) < 4.78 is 13.4. The summed E-state index contributed by atoms with van der Waals surface area (Å²) in [6, 6.07) is 8.12. The van der Waals surface area contributed by atoms with Crippen LogP contribution in [0.15, 0.2) is 42.7 Å². The Morgan fingerprint density at radius 2 is 2.25 bits per heavy atom. The number of rotatable bonds is 2. The lowest BCUT2D eigenvalue weighted by Crippen LogP contribution is -2.13. The third kappa shape index (κ3) is 3.40. The van der Waals surface area contributed by atoms with E-state index in [9.17, 15) is 9.18 Å². The molecule has 0 bridgehead atoms. The van der Waals surface area contributed by atoms with Crippen LogP contribution in [0.5, 0.6) is 0 Å². The molecule has 3 N–H and O–H groups in total. The molecule has 0 fully saturated rings. The first-order valence-corrected chi connectivity index (χ1v) is 5.90. The molecule has 0 saturated carbocycles. The molecule has 0 saturated heterocycles. The van der Waals surface area contributed by atoms with E-state index in [-0.39, 0.29) is 12.2 Å². The second-order valence-electron chi connectivity index (χ2n) is 3.90. The van der Waals surface area contributed by atoms with E-state index in [0.29, 0.717) is 11.1 Å². The molecule has 0 radical (unpaired) electrons. The smallest absolute Gasteiger partial charge is 0.255 e. The van der Waals surface area contributed by atoms with Gasteiger partial charge in [-0.15, -0.1) is 0 Å². The van der Waals surface area contributed by atoms with E-state index in [4.69, 9.17) is 5.73 Å². The number of nitrogens with two attached hydrogens (primary N) is 1. The summed E-state index contributed by atoms with van der Waals surface area (Å²) in [5.41, 5.74) is 6.45. The molecule has 4 nitrogen and oxygen atoms in total. The van der Waals surface area contributed by atoms with Crippen molar-refractivity contribution >= 4 is 11.6 Å². The van der Waals surface area contributed by atoms with Crippen LogP contribution in [0.3, 0.4) is 0 Å². The fourth-order valence-electron chi connectivity index (χ4n) is 1.56. The average Bonchev–Trinajstić information content (AvgIpc) is 2.48. The van der Waals surface area contributed by atoms with Crippen molar-refractivity contribution < 1.29 is 9.18 Å². The molecule has 2 aromatic rings. The number of amides is 1. The first-order valence-electron chi connectivity index (χ1n) is 5.90.